The molecule has 0 saturated heterocycles. The van der Waals surface area contributed by atoms with Gasteiger partial charge in [-0.1, -0.05) is 48.5 Å². The van der Waals surface area contributed by atoms with E-state index < -0.39 is 12.0 Å². The van der Waals surface area contributed by atoms with E-state index in [1.54, 1.807) is 43.3 Å². The Balaban J connectivity index is 1.67. The van der Waals surface area contributed by atoms with Gasteiger partial charge in [0.15, 0.2) is 18.1 Å². The standard InChI is InChI=1S/C29H30BrN3O6/c1-3-37-25-16-20(15-23(30)28(25)39-19-27(35)38-4-2)18-31-33-26(34)17-24(21-11-7-5-8-12-21)32-29(36)22-13-9-6-10-14-22/h5-16,18,24H,3-4,17,19H2,1-2H3,(H,32,36)(H,33,34)/b31-18-/t24-/m1/s1. The molecule has 10 heteroatoms. The molecule has 0 unspecified atom stereocenters. The van der Waals surface area contributed by atoms with E-state index in [-0.39, 0.29) is 31.4 Å². The van der Waals surface area contributed by atoms with Crippen LogP contribution in [0.1, 0.15) is 47.8 Å². The van der Waals surface area contributed by atoms with Gasteiger partial charge in [-0.3, -0.25) is 9.59 Å². The van der Waals surface area contributed by atoms with E-state index in [1.165, 1.54) is 6.21 Å². The van der Waals surface area contributed by atoms with Crippen molar-refractivity contribution in [3.63, 3.8) is 0 Å². The molecule has 0 aliphatic carbocycles. The molecule has 3 rings (SSSR count). The van der Waals surface area contributed by atoms with Crippen LogP contribution in [0.15, 0.2) is 82.4 Å². The first-order valence-electron chi connectivity index (χ1n) is 12.4. The Morgan fingerprint density at radius 2 is 1.64 bits per heavy atom. The number of carbonyl (C=O) groups excluding carboxylic acids is 3. The van der Waals surface area contributed by atoms with Gasteiger partial charge in [-0.25, -0.2) is 10.2 Å². The summed E-state index contributed by atoms with van der Waals surface area (Å²) in [5.41, 5.74) is 4.43. The molecule has 0 aliphatic heterocycles. The Labute approximate surface area is 235 Å². The maximum Gasteiger partial charge on any atom is 0.344 e. The number of hydrazone groups is 1. The van der Waals surface area contributed by atoms with Crippen molar-refractivity contribution in [3.05, 3.63) is 94.0 Å². The molecule has 0 heterocycles. The first-order valence-corrected chi connectivity index (χ1v) is 13.2. The zero-order valence-electron chi connectivity index (χ0n) is 21.7. The molecule has 39 heavy (non-hydrogen) atoms. The Kier molecular flexibility index (Phi) is 11.5. The predicted octanol–water partition coefficient (Wildman–Crippen LogP) is 4.80. The van der Waals surface area contributed by atoms with Crippen molar-refractivity contribution in [1.29, 1.82) is 0 Å². The Hall–Kier alpha value is -4.18. The third-order valence-corrected chi connectivity index (χ3v) is 5.90. The van der Waals surface area contributed by atoms with Gasteiger partial charge in [-0.2, -0.15) is 5.10 Å². The first kappa shape index (κ1) is 29.4. The van der Waals surface area contributed by atoms with Gasteiger partial charge in [0.05, 0.1) is 36.4 Å². The SMILES string of the molecule is CCOC(=O)COc1c(Br)cc(/C=N\NC(=O)C[C@@H](NC(=O)c2ccccc2)c2ccccc2)cc1OCC. The number of esters is 1. The second kappa shape index (κ2) is 15.3. The predicted molar refractivity (Wildman–Crippen MR) is 151 cm³/mol. The number of amides is 2. The minimum atomic E-state index is -0.552. The van der Waals surface area contributed by atoms with Gasteiger partial charge in [-0.15, -0.1) is 0 Å². The molecule has 0 radical (unpaired) electrons. The smallest absolute Gasteiger partial charge is 0.344 e. The van der Waals surface area contributed by atoms with Gasteiger partial charge >= 0.3 is 5.97 Å². The summed E-state index contributed by atoms with van der Waals surface area (Å²) in [6.07, 6.45) is 1.44. The van der Waals surface area contributed by atoms with Gasteiger partial charge < -0.3 is 19.5 Å². The van der Waals surface area contributed by atoms with Gasteiger partial charge in [0, 0.05) is 5.56 Å². The third kappa shape index (κ3) is 9.26. The van der Waals surface area contributed by atoms with E-state index >= 15 is 0 Å². The molecule has 2 N–H and O–H groups in total. The Morgan fingerprint density at radius 1 is 0.949 bits per heavy atom. The van der Waals surface area contributed by atoms with E-state index in [2.05, 4.69) is 31.8 Å². The number of rotatable bonds is 13. The van der Waals surface area contributed by atoms with Crippen LogP contribution in [0, 0.1) is 0 Å². The summed E-state index contributed by atoms with van der Waals surface area (Å²) >= 11 is 3.43. The maximum atomic E-state index is 12.8. The highest BCUT2D eigenvalue weighted by Gasteiger charge is 2.19. The van der Waals surface area contributed by atoms with Crippen molar-refractivity contribution in [1.82, 2.24) is 10.7 Å². The fraction of sp³-hybridized carbons (Fsp3) is 0.241. The summed E-state index contributed by atoms with van der Waals surface area (Å²) in [4.78, 5) is 37.2. The molecule has 0 spiro atoms. The molecule has 0 bridgehead atoms. The molecule has 204 valence electrons. The zero-order chi connectivity index (χ0) is 28.0. The quantitative estimate of drug-likeness (QED) is 0.167. The van der Waals surface area contributed by atoms with Crippen molar-refractivity contribution >= 4 is 39.9 Å². The summed E-state index contributed by atoms with van der Waals surface area (Å²) in [5.74, 6) is -0.400. The summed E-state index contributed by atoms with van der Waals surface area (Å²) in [7, 11) is 0. The molecular formula is C29H30BrN3O6. The lowest BCUT2D eigenvalue weighted by Crippen LogP contribution is -2.32. The van der Waals surface area contributed by atoms with E-state index in [0.717, 1.165) is 5.56 Å². The average molecular weight is 596 g/mol. The molecule has 2 amide bonds. The molecule has 9 nitrogen and oxygen atoms in total. The molecule has 3 aromatic rings. The minimum Gasteiger partial charge on any atom is -0.490 e. The number of ether oxygens (including phenoxy) is 3. The number of nitrogens with one attached hydrogen (secondary N) is 2. The van der Waals surface area contributed by atoms with Crippen molar-refractivity contribution in [3.8, 4) is 11.5 Å². The van der Waals surface area contributed by atoms with Crippen LogP contribution in [-0.4, -0.2) is 43.8 Å². The van der Waals surface area contributed by atoms with Gasteiger partial charge in [0.25, 0.3) is 5.91 Å². The van der Waals surface area contributed by atoms with Crippen LogP contribution in [0.2, 0.25) is 0 Å². The number of carbonyl (C=O) groups is 3. The van der Waals surface area contributed by atoms with E-state index in [0.29, 0.717) is 33.7 Å². The lowest BCUT2D eigenvalue weighted by molar-refractivity contribution is -0.145. The number of hydrogen-bond donors (Lipinski definition) is 2. The van der Waals surface area contributed by atoms with Crippen molar-refractivity contribution in [2.24, 2.45) is 5.10 Å². The van der Waals surface area contributed by atoms with Crippen LogP contribution in [0.3, 0.4) is 0 Å². The lowest BCUT2D eigenvalue weighted by atomic mass is 10.0. The number of halogens is 1. The number of benzene rings is 3. The van der Waals surface area contributed by atoms with Gasteiger partial charge in [0.1, 0.15) is 0 Å². The Bertz CT molecular complexity index is 1280. The molecule has 0 aromatic heterocycles. The zero-order valence-corrected chi connectivity index (χ0v) is 23.3. The van der Waals surface area contributed by atoms with E-state index in [1.807, 2.05) is 43.3 Å². The second-order valence-corrected chi connectivity index (χ2v) is 9.01. The summed E-state index contributed by atoms with van der Waals surface area (Å²) in [6, 6.07) is 20.9. The van der Waals surface area contributed by atoms with Gasteiger partial charge in [-0.05, 0) is 65.2 Å². The average Bonchev–Trinajstić information content (AvgIpc) is 2.93. The van der Waals surface area contributed by atoms with Crippen LogP contribution < -0.4 is 20.2 Å². The maximum absolute atomic E-state index is 12.8. The minimum absolute atomic E-state index is 0.0194. The lowest BCUT2D eigenvalue weighted by Gasteiger charge is -2.18. The monoisotopic (exact) mass is 595 g/mol. The molecule has 3 aromatic carbocycles. The van der Waals surface area contributed by atoms with Crippen LogP contribution >= 0.6 is 15.9 Å². The van der Waals surface area contributed by atoms with Crippen LogP contribution in [0.4, 0.5) is 0 Å². The number of nitrogens with zero attached hydrogens (tertiary/aromatic N) is 1. The third-order valence-electron chi connectivity index (χ3n) is 5.31. The summed E-state index contributed by atoms with van der Waals surface area (Å²) in [6.45, 7) is 3.90. The number of hydrogen-bond acceptors (Lipinski definition) is 7. The summed E-state index contributed by atoms with van der Waals surface area (Å²) in [5, 5.41) is 7.00. The van der Waals surface area contributed by atoms with E-state index in [4.69, 9.17) is 14.2 Å². The van der Waals surface area contributed by atoms with Gasteiger partial charge in [0.2, 0.25) is 5.91 Å². The molecule has 0 saturated carbocycles. The molecule has 0 aliphatic rings. The highest BCUT2D eigenvalue weighted by Crippen LogP contribution is 2.36. The topological polar surface area (TPSA) is 115 Å². The first-order chi connectivity index (χ1) is 18.9. The van der Waals surface area contributed by atoms with Crippen LogP contribution in [0.25, 0.3) is 0 Å². The highest BCUT2D eigenvalue weighted by molar-refractivity contribution is 9.10. The fourth-order valence-corrected chi connectivity index (χ4v) is 4.15. The van der Waals surface area contributed by atoms with E-state index in [9.17, 15) is 14.4 Å². The highest BCUT2D eigenvalue weighted by atomic mass is 79.9. The van der Waals surface area contributed by atoms with Crippen molar-refractivity contribution in [2.75, 3.05) is 19.8 Å². The van der Waals surface area contributed by atoms with Crippen molar-refractivity contribution < 1.29 is 28.6 Å². The largest absolute Gasteiger partial charge is 0.490 e. The normalized spacial score (nSPS) is 11.5. The molecular weight excluding hydrogens is 566 g/mol. The van der Waals surface area contributed by atoms with Crippen molar-refractivity contribution in [2.45, 2.75) is 26.3 Å². The molecule has 1 atom stereocenters. The van der Waals surface area contributed by atoms with Crippen LogP contribution in [0.5, 0.6) is 11.5 Å². The summed E-state index contributed by atoms with van der Waals surface area (Å²) < 4.78 is 16.7. The van der Waals surface area contributed by atoms with Crippen LogP contribution in [-0.2, 0) is 14.3 Å². The second-order valence-electron chi connectivity index (χ2n) is 8.16. The molecule has 0 fully saturated rings. The Morgan fingerprint density at radius 3 is 2.31 bits per heavy atom. The fourth-order valence-electron chi connectivity index (χ4n) is 3.58.